The van der Waals surface area contributed by atoms with Gasteiger partial charge in [-0.05, 0) is 41.6 Å². The largest absolute Gasteiger partial charge is 0.351 e. The third-order valence-corrected chi connectivity index (χ3v) is 5.22. The average molecular weight is 482 g/mol. The molecule has 1 saturated heterocycles. The SMILES string of the molecule is Cc1cc(C(=O)N2CCN(C(=O)CNC(=O)c3ccccc3I)CC2)on1. The second-order valence-corrected chi connectivity index (χ2v) is 7.33. The normalized spacial score (nSPS) is 14.1. The number of carbonyl (C=O) groups excluding carboxylic acids is 3. The molecule has 3 amide bonds. The van der Waals surface area contributed by atoms with Gasteiger partial charge in [0, 0.05) is 35.8 Å². The number of hydrogen-bond acceptors (Lipinski definition) is 5. The molecule has 0 atom stereocenters. The first-order valence-corrected chi connectivity index (χ1v) is 9.56. The number of benzene rings is 1. The van der Waals surface area contributed by atoms with Crippen LogP contribution in [0.4, 0.5) is 0 Å². The quantitative estimate of drug-likeness (QED) is 0.664. The molecule has 0 unspecified atom stereocenters. The summed E-state index contributed by atoms with van der Waals surface area (Å²) in [5, 5.41) is 6.38. The van der Waals surface area contributed by atoms with Crippen LogP contribution in [0.2, 0.25) is 0 Å². The van der Waals surface area contributed by atoms with Crippen molar-refractivity contribution in [2.24, 2.45) is 0 Å². The Morgan fingerprint density at radius 1 is 1.15 bits per heavy atom. The second-order valence-electron chi connectivity index (χ2n) is 6.17. The second kappa shape index (κ2) is 8.51. The van der Waals surface area contributed by atoms with Crippen LogP contribution in [-0.4, -0.2) is 65.4 Å². The lowest BCUT2D eigenvalue weighted by Gasteiger charge is -2.34. The molecule has 2 heterocycles. The molecule has 0 saturated carbocycles. The fourth-order valence-corrected chi connectivity index (χ4v) is 3.42. The van der Waals surface area contributed by atoms with Crippen molar-refractivity contribution in [2.45, 2.75) is 6.92 Å². The van der Waals surface area contributed by atoms with Gasteiger partial charge >= 0.3 is 0 Å². The molecule has 0 aliphatic carbocycles. The van der Waals surface area contributed by atoms with E-state index in [0.717, 1.165) is 3.57 Å². The minimum atomic E-state index is -0.275. The van der Waals surface area contributed by atoms with Crippen LogP contribution >= 0.6 is 22.6 Å². The predicted molar refractivity (Wildman–Crippen MR) is 105 cm³/mol. The van der Waals surface area contributed by atoms with Gasteiger partial charge in [0.1, 0.15) is 0 Å². The number of nitrogens with zero attached hydrogens (tertiary/aromatic N) is 3. The number of aryl methyl sites for hydroxylation is 1. The van der Waals surface area contributed by atoms with Crippen LogP contribution in [0.25, 0.3) is 0 Å². The van der Waals surface area contributed by atoms with Crippen LogP contribution < -0.4 is 5.32 Å². The van der Waals surface area contributed by atoms with Crippen molar-refractivity contribution in [2.75, 3.05) is 32.7 Å². The number of carbonyl (C=O) groups is 3. The van der Waals surface area contributed by atoms with E-state index in [4.69, 9.17) is 4.52 Å². The van der Waals surface area contributed by atoms with Gasteiger partial charge < -0.3 is 19.6 Å². The highest BCUT2D eigenvalue weighted by Gasteiger charge is 2.27. The zero-order valence-corrected chi connectivity index (χ0v) is 16.9. The first-order valence-electron chi connectivity index (χ1n) is 8.49. The Kier molecular flexibility index (Phi) is 6.09. The molecule has 1 N–H and O–H groups in total. The van der Waals surface area contributed by atoms with E-state index in [-0.39, 0.29) is 30.0 Å². The molecule has 2 aromatic rings. The lowest BCUT2D eigenvalue weighted by atomic mass is 10.2. The summed E-state index contributed by atoms with van der Waals surface area (Å²) in [7, 11) is 0. The maximum atomic E-state index is 12.3. The minimum absolute atomic E-state index is 0.0704. The van der Waals surface area contributed by atoms with E-state index in [1.165, 1.54) is 0 Å². The molecular weight excluding hydrogens is 463 g/mol. The van der Waals surface area contributed by atoms with Gasteiger partial charge in [0.25, 0.3) is 11.8 Å². The van der Waals surface area contributed by atoms with Crippen LogP contribution in [-0.2, 0) is 4.79 Å². The Morgan fingerprint density at radius 2 is 1.81 bits per heavy atom. The van der Waals surface area contributed by atoms with E-state index in [9.17, 15) is 14.4 Å². The van der Waals surface area contributed by atoms with Gasteiger partial charge in [-0.25, -0.2) is 0 Å². The molecule has 1 aliphatic rings. The van der Waals surface area contributed by atoms with E-state index in [1.54, 1.807) is 34.9 Å². The average Bonchev–Trinajstić information content (AvgIpc) is 3.12. The third kappa shape index (κ3) is 4.65. The zero-order chi connectivity index (χ0) is 19.4. The highest BCUT2D eigenvalue weighted by molar-refractivity contribution is 14.1. The van der Waals surface area contributed by atoms with Crippen molar-refractivity contribution in [3.8, 4) is 0 Å². The summed E-state index contributed by atoms with van der Waals surface area (Å²) < 4.78 is 5.83. The number of aromatic nitrogens is 1. The zero-order valence-electron chi connectivity index (χ0n) is 14.8. The Balaban J connectivity index is 1.48. The lowest BCUT2D eigenvalue weighted by molar-refractivity contribution is -0.131. The fraction of sp³-hybridized carbons (Fsp3) is 0.333. The monoisotopic (exact) mass is 482 g/mol. The van der Waals surface area contributed by atoms with Gasteiger partial charge in [0.15, 0.2) is 0 Å². The van der Waals surface area contributed by atoms with Crippen LogP contribution in [0.5, 0.6) is 0 Å². The molecule has 0 spiro atoms. The molecule has 0 radical (unpaired) electrons. The highest BCUT2D eigenvalue weighted by Crippen LogP contribution is 2.12. The van der Waals surface area contributed by atoms with Crippen molar-refractivity contribution in [3.05, 3.63) is 50.9 Å². The van der Waals surface area contributed by atoms with Crippen molar-refractivity contribution in [1.29, 1.82) is 0 Å². The van der Waals surface area contributed by atoms with Crippen molar-refractivity contribution in [1.82, 2.24) is 20.3 Å². The number of nitrogens with one attached hydrogen (secondary N) is 1. The molecule has 3 rings (SSSR count). The first-order chi connectivity index (χ1) is 13.0. The van der Waals surface area contributed by atoms with Gasteiger partial charge in [-0.3, -0.25) is 14.4 Å². The van der Waals surface area contributed by atoms with Crippen molar-refractivity contribution >= 4 is 40.3 Å². The molecule has 0 bridgehead atoms. The van der Waals surface area contributed by atoms with Gasteiger partial charge in [-0.2, -0.15) is 0 Å². The van der Waals surface area contributed by atoms with E-state index < -0.39 is 0 Å². The van der Waals surface area contributed by atoms with E-state index in [0.29, 0.717) is 37.4 Å². The molecule has 9 heteroatoms. The van der Waals surface area contributed by atoms with E-state index >= 15 is 0 Å². The number of amides is 3. The van der Waals surface area contributed by atoms with Gasteiger partial charge in [-0.1, -0.05) is 17.3 Å². The summed E-state index contributed by atoms with van der Waals surface area (Å²) in [6.07, 6.45) is 0. The summed E-state index contributed by atoms with van der Waals surface area (Å²) in [6.45, 7) is 3.33. The third-order valence-electron chi connectivity index (χ3n) is 4.28. The molecule has 8 nitrogen and oxygen atoms in total. The number of piperazine rings is 1. The standard InChI is InChI=1S/C18H19IN4O4/c1-12-10-15(27-21-12)18(26)23-8-6-22(7-9-23)16(24)11-20-17(25)13-4-2-3-5-14(13)19/h2-5,10H,6-9,11H2,1H3,(H,20,25). The van der Waals surface area contributed by atoms with E-state index in [1.807, 2.05) is 12.1 Å². The number of halogens is 1. The van der Waals surface area contributed by atoms with Crippen LogP contribution in [0.1, 0.15) is 26.6 Å². The molecular formula is C18H19IN4O4. The van der Waals surface area contributed by atoms with E-state index in [2.05, 4.69) is 33.1 Å². The topological polar surface area (TPSA) is 95.8 Å². The van der Waals surface area contributed by atoms with Crippen LogP contribution in [0, 0.1) is 10.5 Å². The molecule has 1 aromatic heterocycles. The maximum absolute atomic E-state index is 12.3. The first kappa shape index (κ1) is 19.3. The number of hydrogen-bond donors (Lipinski definition) is 1. The maximum Gasteiger partial charge on any atom is 0.292 e. The fourth-order valence-electron chi connectivity index (χ4n) is 2.79. The molecule has 1 aromatic carbocycles. The molecule has 1 fully saturated rings. The molecule has 1 aliphatic heterocycles. The number of rotatable bonds is 4. The predicted octanol–water partition coefficient (Wildman–Crippen LogP) is 1.30. The summed E-state index contributed by atoms with van der Waals surface area (Å²) in [4.78, 5) is 40.1. The lowest BCUT2D eigenvalue weighted by Crippen LogP contribution is -2.52. The van der Waals surface area contributed by atoms with Gasteiger partial charge in [-0.15, -0.1) is 0 Å². The smallest absolute Gasteiger partial charge is 0.292 e. The Hall–Kier alpha value is -2.43. The highest BCUT2D eigenvalue weighted by atomic mass is 127. The summed E-state index contributed by atoms with van der Waals surface area (Å²) in [5.74, 6) is -0.466. The van der Waals surface area contributed by atoms with Crippen molar-refractivity contribution in [3.63, 3.8) is 0 Å². The summed E-state index contributed by atoms with van der Waals surface area (Å²) >= 11 is 2.08. The summed E-state index contributed by atoms with van der Waals surface area (Å²) in [5.41, 5.74) is 1.19. The van der Waals surface area contributed by atoms with Gasteiger partial charge in [0.05, 0.1) is 17.8 Å². The van der Waals surface area contributed by atoms with Crippen LogP contribution in [0.15, 0.2) is 34.9 Å². The Morgan fingerprint density at radius 3 is 2.44 bits per heavy atom. The molecule has 27 heavy (non-hydrogen) atoms. The Bertz CT molecular complexity index is 859. The van der Waals surface area contributed by atoms with Crippen molar-refractivity contribution < 1.29 is 18.9 Å². The molecule has 142 valence electrons. The Labute approximate surface area is 170 Å². The minimum Gasteiger partial charge on any atom is -0.351 e. The summed E-state index contributed by atoms with van der Waals surface area (Å²) in [6, 6.07) is 8.79. The van der Waals surface area contributed by atoms with Gasteiger partial charge in [0.2, 0.25) is 11.7 Å². The van der Waals surface area contributed by atoms with Crippen LogP contribution in [0.3, 0.4) is 0 Å².